The maximum Gasteiger partial charge on any atom is 0.258 e. The SMILES string of the molecule is COc1ccc(C=O)cc1OCC(=O)NCc1ccc(C)cc1. The van der Waals surface area contributed by atoms with E-state index in [-0.39, 0.29) is 12.5 Å². The van der Waals surface area contributed by atoms with Crippen LogP contribution >= 0.6 is 0 Å². The fraction of sp³-hybridized carbons (Fsp3) is 0.222. The van der Waals surface area contributed by atoms with Gasteiger partial charge in [-0.1, -0.05) is 29.8 Å². The average Bonchev–Trinajstić information content (AvgIpc) is 2.59. The van der Waals surface area contributed by atoms with Crippen LogP contribution in [0.15, 0.2) is 42.5 Å². The molecule has 0 saturated heterocycles. The average molecular weight is 313 g/mol. The van der Waals surface area contributed by atoms with Gasteiger partial charge in [-0.3, -0.25) is 9.59 Å². The maximum absolute atomic E-state index is 11.9. The highest BCUT2D eigenvalue weighted by Gasteiger charge is 2.08. The lowest BCUT2D eigenvalue weighted by Gasteiger charge is -2.11. The molecule has 1 N–H and O–H groups in total. The zero-order valence-electron chi connectivity index (χ0n) is 13.2. The van der Waals surface area contributed by atoms with Crippen LogP contribution in [0.3, 0.4) is 0 Å². The van der Waals surface area contributed by atoms with Crippen LogP contribution < -0.4 is 14.8 Å². The van der Waals surface area contributed by atoms with Gasteiger partial charge in [-0.05, 0) is 30.7 Å². The molecule has 0 aliphatic rings. The quantitative estimate of drug-likeness (QED) is 0.798. The Morgan fingerprint density at radius 3 is 2.52 bits per heavy atom. The van der Waals surface area contributed by atoms with Crippen LogP contribution in [0, 0.1) is 6.92 Å². The second-order valence-corrected chi connectivity index (χ2v) is 5.08. The Labute approximate surface area is 135 Å². The van der Waals surface area contributed by atoms with Gasteiger partial charge in [-0.15, -0.1) is 0 Å². The lowest BCUT2D eigenvalue weighted by molar-refractivity contribution is -0.123. The number of aryl methyl sites for hydroxylation is 1. The monoisotopic (exact) mass is 313 g/mol. The van der Waals surface area contributed by atoms with Gasteiger partial charge >= 0.3 is 0 Å². The summed E-state index contributed by atoms with van der Waals surface area (Å²) in [6.07, 6.45) is 0.712. The third-order valence-electron chi connectivity index (χ3n) is 3.29. The molecule has 0 unspecified atom stereocenters. The standard InChI is InChI=1S/C18H19NO4/c1-13-3-5-14(6-4-13)10-19-18(21)12-23-17-9-15(11-20)7-8-16(17)22-2/h3-9,11H,10,12H2,1-2H3,(H,19,21). The summed E-state index contributed by atoms with van der Waals surface area (Å²) >= 11 is 0. The molecule has 120 valence electrons. The zero-order valence-corrected chi connectivity index (χ0v) is 13.2. The van der Waals surface area contributed by atoms with E-state index >= 15 is 0 Å². The molecular weight excluding hydrogens is 294 g/mol. The predicted octanol–water partition coefficient (Wildman–Crippen LogP) is 2.51. The van der Waals surface area contributed by atoms with Crippen molar-refractivity contribution in [1.29, 1.82) is 0 Å². The number of carbonyl (C=O) groups excluding carboxylic acids is 2. The fourth-order valence-electron chi connectivity index (χ4n) is 1.98. The van der Waals surface area contributed by atoms with Crippen molar-refractivity contribution in [3.05, 3.63) is 59.2 Å². The number of hydrogen-bond donors (Lipinski definition) is 1. The maximum atomic E-state index is 11.9. The smallest absolute Gasteiger partial charge is 0.258 e. The van der Waals surface area contributed by atoms with E-state index in [1.807, 2.05) is 31.2 Å². The number of aldehydes is 1. The van der Waals surface area contributed by atoms with E-state index in [4.69, 9.17) is 9.47 Å². The molecule has 0 heterocycles. The minimum absolute atomic E-state index is 0.148. The first-order valence-electron chi connectivity index (χ1n) is 7.20. The van der Waals surface area contributed by atoms with Gasteiger partial charge in [-0.2, -0.15) is 0 Å². The van der Waals surface area contributed by atoms with Gasteiger partial charge in [0.15, 0.2) is 18.1 Å². The first-order chi connectivity index (χ1) is 11.1. The van der Waals surface area contributed by atoms with Crippen molar-refractivity contribution in [3.8, 4) is 11.5 Å². The minimum atomic E-state index is -0.246. The summed E-state index contributed by atoms with van der Waals surface area (Å²) in [6, 6.07) is 12.7. The molecule has 0 atom stereocenters. The van der Waals surface area contributed by atoms with Crippen molar-refractivity contribution < 1.29 is 19.1 Å². The predicted molar refractivity (Wildman–Crippen MR) is 86.9 cm³/mol. The van der Waals surface area contributed by atoms with E-state index < -0.39 is 0 Å². The van der Waals surface area contributed by atoms with Gasteiger partial charge in [0.2, 0.25) is 0 Å². The van der Waals surface area contributed by atoms with Gasteiger partial charge in [0.05, 0.1) is 7.11 Å². The Morgan fingerprint density at radius 1 is 1.13 bits per heavy atom. The van der Waals surface area contributed by atoms with Crippen molar-refractivity contribution in [2.75, 3.05) is 13.7 Å². The molecule has 0 aromatic heterocycles. The number of benzene rings is 2. The summed E-state index contributed by atoms with van der Waals surface area (Å²) in [5, 5.41) is 2.78. The van der Waals surface area contributed by atoms with Crippen molar-refractivity contribution in [3.63, 3.8) is 0 Å². The molecule has 0 saturated carbocycles. The van der Waals surface area contributed by atoms with Crippen molar-refractivity contribution >= 4 is 12.2 Å². The molecule has 0 aliphatic heterocycles. The van der Waals surface area contributed by atoms with Crippen LogP contribution in [0.2, 0.25) is 0 Å². The third kappa shape index (κ3) is 4.85. The van der Waals surface area contributed by atoms with Crippen LogP contribution in [0.25, 0.3) is 0 Å². The normalized spacial score (nSPS) is 10.0. The molecule has 23 heavy (non-hydrogen) atoms. The summed E-state index contributed by atoms with van der Waals surface area (Å²) in [5.74, 6) is 0.591. The van der Waals surface area contributed by atoms with Crippen molar-refractivity contribution in [2.24, 2.45) is 0 Å². The summed E-state index contributed by atoms with van der Waals surface area (Å²) in [4.78, 5) is 22.7. The third-order valence-corrected chi connectivity index (χ3v) is 3.29. The number of nitrogens with one attached hydrogen (secondary N) is 1. The highest BCUT2D eigenvalue weighted by atomic mass is 16.5. The molecule has 0 spiro atoms. The van der Waals surface area contributed by atoms with Crippen molar-refractivity contribution in [1.82, 2.24) is 5.32 Å². The Bertz CT molecular complexity index is 680. The number of ether oxygens (including phenoxy) is 2. The van der Waals surface area contributed by atoms with Crippen LogP contribution in [0.1, 0.15) is 21.5 Å². The highest BCUT2D eigenvalue weighted by molar-refractivity contribution is 5.78. The van der Waals surface area contributed by atoms with Gasteiger partial charge in [0, 0.05) is 12.1 Å². The lowest BCUT2D eigenvalue weighted by Crippen LogP contribution is -2.28. The molecule has 5 nitrogen and oxygen atoms in total. The largest absolute Gasteiger partial charge is 0.493 e. The first kappa shape index (κ1) is 16.5. The fourth-order valence-corrected chi connectivity index (χ4v) is 1.98. The molecule has 0 bridgehead atoms. The lowest BCUT2D eigenvalue weighted by atomic mass is 10.1. The summed E-state index contributed by atoms with van der Waals surface area (Å²) in [7, 11) is 1.50. The van der Waals surface area contributed by atoms with E-state index in [9.17, 15) is 9.59 Å². The number of methoxy groups -OCH3 is 1. The van der Waals surface area contributed by atoms with Gasteiger partial charge in [-0.25, -0.2) is 0 Å². The van der Waals surface area contributed by atoms with Crippen LogP contribution in [0.5, 0.6) is 11.5 Å². The van der Waals surface area contributed by atoms with E-state index in [1.165, 1.54) is 12.7 Å². The molecule has 0 radical (unpaired) electrons. The van der Waals surface area contributed by atoms with Crippen LogP contribution in [-0.2, 0) is 11.3 Å². The Balaban J connectivity index is 1.88. The second kappa shape index (κ2) is 7.98. The zero-order chi connectivity index (χ0) is 16.7. The Kier molecular flexibility index (Phi) is 5.74. The van der Waals surface area contributed by atoms with Crippen LogP contribution in [-0.4, -0.2) is 25.9 Å². The number of amides is 1. The molecule has 1 amide bonds. The summed E-state index contributed by atoms with van der Waals surface area (Å²) in [5.41, 5.74) is 2.65. The van der Waals surface area contributed by atoms with E-state index in [0.717, 1.165) is 5.56 Å². The topological polar surface area (TPSA) is 64.6 Å². The number of carbonyl (C=O) groups is 2. The summed E-state index contributed by atoms with van der Waals surface area (Å²) in [6.45, 7) is 2.30. The molecule has 2 aromatic rings. The van der Waals surface area contributed by atoms with Gasteiger partial charge in [0.25, 0.3) is 5.91 Å². The van der Waals surface area contributed by atoms with Gasteiger partial charge in [0.1, 0.15) is 6.29 Å². The molecule has 5 heteroatoms. The van der Waals surface area contributed by atoms with E-state index in [2.05, 4.69) is 5.32 Å². The number of hydrogen-bond acceptors (Lipinski definition) is 4. The Morgan fingerprint density at radius 2 is 1.87 bits per heavy atom. The van der Waals surface area contributed by atoms with Crippen molar-refractivity contribution in [2.45, 2.75) is 13.5 Å². The molecule has 0 fully saturated rings. The summed E-state index contributed by atoms with van der Waals surface area (Å²) < 4.78 is 10.6. The Hall–Kier alpha value is -2.82. The molecule has 2 rings (SSSR count). The number of rotatable bonds is 7. The van der Waals surface area contributed by atoms with Gasteiger partial charge < -0.3 is 14.8 Å². The molecular formula is C18H19NO4. The highest BCUT2D eigenvalue weighted by Crippen LogP contribution is 2.27. The molecule has 0 aliphatic carbocycles. The van der Waals surface area contributed by atoms with E-state index in [1.54, 1.807) is 18.2 Å². The molecule has 2 aromatic carbocycles. The van der Waals surface area contributed by atoms with E-state index in [0.29, 0.717) is 29.9 Å². The first-order valence-corrected chi connectivity index (χ1v) is 7.20. The minimum Gasteiger partial charge on any atom is -0.493 e. The second-order valence-electron chi connectivity index (χ2n) is 5.08. The van der Waals surface area contributed by atoms with Crippen LogP contribution in [0.4, 0.5) is 0 Å².